The Hall–Kier alpha value is -3.48. The lowest BCUT2D eigenvalue weighted by atomic mass is 9.82. The molecule has 5 aliphatic rings. The highest BCUT2D eigenvalue weighted by atomic mass is 35.5. The zero-order valence-corrected chi connectivity index (χ0v) is 41.0. The third-order valence-electron chi connectivity index (χ3n) is 14.0. The van der Waals surface area contributed by atoms with Crippen LogP contribution >= 0.6 is 33.2 Å². The van der Waals surface area contributed by atoms with Crippen molar-refractivity contribution >= 4 is 68.7 Å². The molecule has 4 fully saturated rings. The molecule has 0 radical (unpaired) electrons. The fourth-order valence-corrected chi connectivity index (χ4v) is 12.2. The van der Waals surface area contributed by atoms with E-state index in [-0.39, 0.29) is 36.1 Å². The van der Waals surface area contributed by atoms with E-state index in [1.165, 1.54) is 55.7 Å². The second-order valence-electron chi connectivity index (χ2n) is 18.7. The topological polar surface area (TPSA) is 197 Å². The number of aliphatic hydroxyl groups excluding tert-OH is 1. The van der Waals surface area contributed by atoms with Crippen molar-refractivity contribution in [3.05, 3.63) is 46.5 Å². The number of aliphatic hydroxyl groups is 2. The standard InChI is InChI=1S/C47H67ClN4O11S2/c1-27-12-10-15-37(53)47(59)26-36(61-45(58)50-47)28(2)43-46(4,63-43)38(25-41(56)52(6)34-21-30(20-27)22-35(60-7)42(34)48)62-44(57)29(3)51(5)40(55)17-19-65-64-18-11-16-39(54)49-33-23-31-13-8-9-14-32(31)24-33/h10,12,15,21-22,28-29,31-33,36-38,43,53,59H,8-9,11,13-14,16-20,23-26H2,1-7H3,(H,49,54)(H,50,58)/b15-10+,27-12+/t28-,29+,31+,32?,33?,36+,37-,38+,43+,46+,47+/m1/s1. The van der Waals surface area contributed by atoms with Crippen LogP contribution in [-0.2, 0) is 39.8 Å². The Kier molecular flexibility index (Phi) is 17.3. The molecule has 1 aromatic carbocycles. The number of alkyl carbamates (subject to hydrolysis) is 1. The Morgan fingerprint density at radius 3 is 2.51 bits per heavy atom. The van der Waals surface area contributed by atoms with Gasteiger partial charge in [0.1, 0.15) is 40.7 Å². The number of amides is 4. The number of methoxy groups -OCH3 is 1. The molecule has 2 unspecified atom stereocenters. The van der Waals surface area contributed by atoms with E-state index >= 15 is 0 Å². The first-order valence-electron chi connectivity index (χ1n) is 22.9. The van der Waals surface area contributed by atoms with Gasteiger partial charge in [0.05, 0.1) is 25.3 Å². The van der Waals surface area contributed by atoms with Gasteiger partial charge in [-0.2, -0.15) is 0 Å². The Morgan fingerprint density at radius 1 is 1.12 bits per heavy atom. The molecule has 4 amide bonds. The quantitative estimate of drug-likeness (QED) is 0.0725. The summed E-state index contributed by atoms with van der Waals surface area (Å²) in [6.45, 7) is 6.88. The Bertz CT molecular complexity index is 1980. The van der Waals surface area contributed by atoms with E-state index in [0.717, 1.165) is 48.0 Å². The van der Waals surface area contributed by atoms with Gasteiger partial charge in [-0.1, -0.05) is 89.6 Å². The largest absolute Gasteiger partial charge is 0.495 e. The molecule has 3 heterocycles. The number of carbonyl (C=O) groups is 5. The fourth-order valence-electron chi connectivity index (χ4n) is 9.82. The molecule has 2 aliphatic carbocycles. The van der Waals surface area contributed by atoms with Crippen LogP contribution in [0.2, 0.25) is 5.02 Å². The number of nitrogens with one attached hydrogen (secondary N) is 2. The first kappa shape index (κ1) is 50.9. The maximum Gasteiger partial charge on any atom is 0.409 e. The summed E-state index contributed by atoms with van der Waals surface area (Å²) in [6.07, 6.45) is 8.18. The monoisotopic (exact) mass is 962 g/mol. The summed E-state index contributed by atoms with van der Waals surface area (Å²) < 4.78 is 23.6. The normalized spacial score (nSPS) is 33.2. The van der Waals surface area contributed by atoms with Crippen molar-refractivity contribution in [3.8, 4) is 5.75 Å². The van der Waals surface area contributed by atoms with E-state index in [2.05, 4.69) is 10.6 Å². The van der Waals surface area contributed by atoms with Gasteiger partial charge in [-0.05, 0) is 76.0 Å². The Balaban J connectivity index is 1.08. The fraction of sp³-hybridized carbons (Fsp3) is 0.681. The van der Waals surface area contributed by atoms with Gasteiger partial charge in [-0.3, -0.25) is 19.7 Å². The molecule has 4 bridgehead atoms. The van der Waals surface area contributed by atoms with Crippen LogP contribution in [0.4, 0.5) is 10.5 Å². The van der Waals surface area contributed by atoms with E-state index in [1.54, 1.807) is 73.7 Å². The van der Waals surface area contributed by atoms with Gasteiger partial charge in [-0.25, -0.2) is 9.59 Å². The minimum atomic E-state index is -2.07. The van der Waals surface area contributed by atoms with E-state index in [0.29, 0.717) is 36.1 Å². The minimum absolute atomic E-state index is 0.117. The van der Waals surface area contributed by atoms with Gasteiger partial charge >= 0.3 is 12.1 Å². The maximum atomic E-state index is 14.3. The number of epoxide rings is 1. The summed E-state index contributed by atoms with van der Waals surface area (Å²) in [5.41, 5.74) is -1.34. The lowest BCUT2D eigenvalue weighted by Gasteiger charge is -2.41. The number of carbonyl (C=O) groups excluding carboxylic acids is 5. The maximum absolute atomic E-state index is 14.3. The SMILES string of the molecule is COc1cc2cc(c1Cl)N(C)C(=O)C[C@H](OC(=O)[C@H](C)N(C)C(=O)CCSSCCCC(=O)NC1CC3CCCC[C@H]3C1)[C@]1(C)O[C@H]1[C@H](C)[C@@H]1C[C@@](O)(NC(=O)O1)[C@H](O)/C=C/C=C(\C)C2. The number of likely N-dealkylation sites (N-methyl/N-ethyl adjacent to an activating group) is 1. The van der Waals surface area contributed by atoms with Crippen LogP contribution < -0.4 is 20.3 Å². The number of fused-ring (bicyclic) bond motifs is 6. The summed E-state index contributed by atoms with van der Waals surface area (Å²) in [6, 6.07) is 2.82. The lowest BCUT2D eigenvalue weighted by Crippen LogP contribution is -2.63. The molecule has 15 nitrogen and oxygen atoms in total. The van der Waals surface area contributed by atoms with Gasteiger partial charge in [0.15, 0.2) is 5.72 Å². The molecule has 2 saturated heterocycles. The molecule has 2 saturated carbocycles. The van der Waals surface area contributed by atoms with Crippen molar-refractivity contribution in [1.29, 1.82) is 0 Å². The summed E-state index contributed by atoms with van der Waals surface area (Å²) in [5, 5.41) is 28.4. The van der Waals surface area contributed by atoms with Crippen molar-refractivity contribution in [2.75, 3.05) is 37.6 Å². The average molecular weight is 964 g/mol. The van der Waals surface area contributed by atoms with Crippen molar-refractivity contribution in [1.82, 2.24) is 15.5 Å². The predicted molar refractivity (Wildman–Crippen MR) is 252 cm³/mol. The Labute approximate surface area is 395 Å². The predicted octanol–water partition coefficient (Wildman–Crippen LogP) is 6.50. The van der Waals surface area contributed by atoms with Crippen LogP contribution in [0.15, 0.2) is 35.9 Å². The minimum Gasteiger partial charge on any atom is -0.495 e. The summed E-state index contributed by atoms with van der Waals surface area (Å²) in [7, 11) is 7.74. The molecule has 3 aliphatic heterocycles. The molecule has 4 N–H and O–H groups in total. The summed E-state index contributed by atoms with van der Waals surface area (Å²) in [4.78, 5) is 69.6. The number of anilines is 1. The molecule has 360 valence electrons. The van der Waals surface area contributed by atoms with Gasteiger partial charge in [0, 0.05) is 56.8 Å². The highest BCUT2D eigenvalue weighted by molar-refractivity contribution is 8.76. The number of hydrogen-bond acceptors (Lipinski definition) is 13. The third kappa shape index (κ3) is 12.5. The molecular formula is C47H67ClN4O11S2. The van der Waals surface area contributed by atoms with E-state index in [4.69, 9.17) is 30.5 Å². The van der Waals surface area contributed by atoms with Crippen LogP contribution in [-0.4, -0.2) is 125 Å². The van der Waals surface area contributed by atoms with Crippen LogP contribution in [0.1, 0.15) is 104 Å². The number of rotatable bonds is 13. The molecule has 11 atom stereocenters. The number of esters is 1. The van der Waals surface area contributed by atoms with Crippen LogP contribution in [0.25, 0.3) is 0 Å². The van der Waals surface area contributed by atoms with Crippen LogP contribution in [0.5, 0.6) is 5.75 Å². The molecule has 6 rings (SSSR count). The van der Waals surface area contributed by atoms with Crippen molar-refractivity contribution in [2.24, 2.45) is 17.8 Å². The van der Waals surface area contributed by atoms with Crippen molar-refractivity contribution in [3.63, 3.8) is 0 Å². The van der Waals surface area contributed by atoms with Gasteiger partial charge in [-0.15, -0.1) is 0 Å². The smallest absolute Gasteiger partial charge is 0.409 e. The molecule has 0 spiro atoms. The number of ether oxygens (including phenoxy) is 4. The number of allylic oxidation sites excluding steroid dienone is 3. The van der Waals surface area contributed by atoms with Gasteiger partial charge < -0.3 is 44.3 Å². The van der Waals surface area contributed by atoms with Gasteiger partial charge in [0.2, 0.25) is 17.7 Å². The summed E-state index contributed by atoms with van der Waals surface area (Å²) in [5.74, 6) is 1.23. The van der Waals surface area contributed by atoms with Crippen molar-refractivity contribution < 1.29 is 53.1 Å². The van der Waals surface area contributed by atoms with E-state index in [9.17, 15) is 34.2 Å². The molecule has 0 aromatic heterocycles. The average Bonchev–Trinajstić information content (AvgIpc) is 3.80. The molecular weight excluding hydrogens is 896 g/mol. The van der Waals surface area contributed by atoms with E-state index in [1.807, 2.05) is 6.92 Å². The van der Waals surface area contributed by atoms with Crippen molar-refractivity contribution in [2.45, 2.75) is 153 Å². The second kappa shape index (κ2) is 22.1. The highest BCUT2D eigenvalue weighted by Crippen LogP contribution is 2.49. The number of nitrogens with zero attached hydrogens (tertiary/aromatic N) is 2. The number of benzene rings is 1. The molecule has 18 heteroatoms. The zero-order chi connectivity index (χ0) is 47.2. The Morgan fingerprint density at radius 2 is 1.82 bits per heavy atom. The number of halogens is 1. The van der Waals surface area contributed by atoms with Crippen LogP contribution in [0.3, 0.4) is 0 Å². The highest BCUT2D eigenvalue weighted by Gasteiger charge is 2.64. The first-order valence-corrected chi connectivity index (χ1v) is 25.7. The first-order chi connectivity index (χ1) is 30.8. The number of hydrogen-bond donors (Lipinski definition) is 4. The second-order valence-corrected chi connectivity index (χ2v) is 21.8. The summed E-state index contributed by atoms with van der Waals surface area (Å²) >= 11 is 6.78. The molecule has 65 heavy (non-hydrogen) atoms. The van der Waals surface area contributed by atoms with Gasteiger partial charge in [0.25, 0.3) is 0 Å². The molecule has 1 aromatic rings. The third-order valence-corrected chi connectivity index (χ3v) is 16.9. The van der Waals surface area contributed by atoms with Crippen LogP contribution in [0, 0.1) is 17.8 Å². The van der Waals surface area contributed by atoms with E-state index < -0.39 is 65.7 Å². The zero-order valence-electron chi connectivity index (χ0n) is 38.6. The lowest BCUT2D eigenvalue weighted by molar-refractivity contribution is -0.162.